The molecule has 0 spiro atoms. The Morgan fingerprint density at radius 3 is 2.67 bits per heavy atom. The van der Waals surface area contributed by atoms with Crippen molar-refractivity contribution >= 4 is 17.5 Å². The molecule has 1 saturated heterocycles. The monoisotopic (exact) mass is 404 g/mol. The molecule has 0 saturated carbocycles. The average molecular weight is 404 g/mol. The zero-order valence-electron chi connectivity index (χ0n) is 16.6. The Morgan fingerprint density at radius 1 is 1.03 bits per heavy atom. The lowest BCUT2D eigenvalue weighted by atomic mass is 10.1. The number of furan rings is 1. The molecule has 1 unspecified atom stereocenters. The average Bonchev–Trinajstić information content (AvgIpc) is 3.43. The largest absolute Gasteiger partial charge is 0.467 e. The summed E-state index contributed by atoms with van der Waals surface area (Å²) < 4.78 is 10.9. The fourth-order valence-corrected chi connectivity index (χ4v) is 3.57. The summed E-state index contributed by atoms with van der Waals surface area (Å²) in [5, 5.41) is 2.97. The molecule has 6 heteroatoms. The topological polar surface area (TPSA) is 71.8 Å². The van der Waals surface area contributed by atoms with E-state index in [2.05, 4.69) is 5.32 Å². The van der Waals surface area contributed by atoms with Crippen LogP contribution in [0.15, 0.2) is 77.4 Å². The number of para-hydroxylation sites is 1. The molecule has 1 aromatic heterocycles. The van der Waals surface area contributed by atoms with Gasteiger partial charge in [-0.25, -0.2) is 0 Å². The number of ether oxygens (including phenoxy) is 1. The molecule has 1 aliphatic rings. The van der Waals surface area contributed by atoms with Gasteiger partial charge in [0.2, 0.25) is 11.8 Å². The van der Waals surface area contributed by atoms with Crippen LogP contribution in [0, 0.1) is 5.92 Å². The van der Waals surface area contributed by atoms with Crippen LogP contribution < -0.4 is 10.2 Å². The maximum Gasteiger partial charge on any atom is 0.227 e. The maximum absolute atomic E-state index is 12.6. The van der Waals surface area contributed by atoms with E-state index in [1.54, 1.807) is 11.2 Å². The molecule has 0 bridgehead atoms. The van der Waals surface area contributed by atoms with Gasteiger partial charge in [0.25, 0.3) is 0 Å². The van der Waals surface area contributed by atoms with Crippen molar-refractivity contribution in [3.8, 4) is 0 Å². The first kappa shape index (κ1) is 19.9. The fourth-order valence-electron chi connectivity index (χ4n) is 3.57. The van der Waals surface area contributed by atoms with Crippen molar-refractivity contribution in [3.05, 3.63) is 89.9 Å². The van der Waals surface area contributed by atoms with Crippen LogP contribution >= 0.6 is 0 Å². The van der Waals surface area contributed by atoms with E-state index >= 15 is 0 Å². The summed E-state index contributed by atoms with van der Waals surface area (Å²) in [6.07, 6.45) is 1.86. The summed E-state index contributed by atoms with van der Waals surface area (Å²) in [6.45, 7) is 1.71. The standard InChI is InChI=1S/C24H24N2O4/c27-23-13-20(15-26(23)21-8-2-1-3-9-21)24(28)25-14-18-6-4-7-19(12-18)16-29-17-22-10-5-11-30-22/h1-12,20H,13-17H2,(H,25,28). The molecule has 2 heterocycles. The molecule has 1 aliphatic heterocycles. The van der Waals surface area contributed by atoms with Crippen LogP contribution in [-0.2, 0) is 34.1 Å². The number of nitrogens with one attached hydrogen (secondary N) is 1. The highest BCUT2D eigenvalue weighted by Crippen LogP contribution is 2.25. The van der Waals surface area contributed by atoms with Crippen LogP contribution in [0.5, 0.6) is 0 Å². The zero-order chi connectivity index (χ0) is 20.8. The number of rotatable bonds is 8. The molecule has 30 heavy (non-hydrogen) atoms. The summed E-state index contributed by atoms with van der Waals surface area (Å²) >= 11 is 0. The van der Waals surface area contributed by atoms with Crippen LogP contribution in [0.2, 0.25) is 0 Å². The van der Waals surface area contributed by atoms with Gasteiger partial charge in [0.1, 0.15) is 12.4 Å². The van der Waals surface area contributed by atoms with Gasteiger partial charge in [0.05, 0.1) is 18.8 Å². The van der Waals surface area contributed by atoms with Gasteiger partial charge < -0.3 is 19.4 Å². The van der Waals surface area contributed by atoms with E-state index in [0.29, 0.717) is 26.3 Å². The van der Waals surface area contributed by atoms with Crippen LogP contribution in [0.25, 0.3) is 0 Å². The van der Waals surface area contributed by atoms with Crippen LogP contribution in [0.1, 0.15) is 23.3 Å². The van der Waals surface area contributed by atoms with Crippen molar-refractivity contribution in [2.24, 2.45) is 5.92 Å². The third-order valence-electron chi connectivity index (χ3n) is 5.11. The zero-order valence-corrected chi connectivity index (χ0v) is 16.6. The van der Waals surface area contributed by atoms with Gasteiger partial charge in [0, 0.05) is 25.2 Å². The van der Waals surface area contributed by atoms with Crippen LogP contribution in [-0.4, -0.2) is 18.4 Å². The smallest absolute Gasteiger partial charge is 0.227 e. The number of nitrogens with zero attached hydrogens (tertiary/aromatic N) is 1. The van der Waals surface area contributed by atoms with E-state index in [4.69, 9.17) is 9.15 Å². The van der Waals surface area contributed by atoms with E-state index < -0.39 is 0 Å². The highest BCUT2D eigenvalue weighted by atomic mass is 16.5. The molecule has 3 aromatic rings. The first-order chi connectivity index (χ1) is 14.7. The molecule has 2 amide bonds. The summed E-state index contributed by atoms with van der Waals surface area (Å²) in [6, 6.07) is 21.1. The van der Waals surface area contributed by atoms with Crippen molar-refractivity contribution in [3.63, 3.8) is 0 Å². The van der Waals surface area contributed by atoms with Gasteiger partial charge >= 0.3 is 0 Å². The SMILES string of the molecule is O=C(NCc1cccc(COCc2ccco2)c1)C1CC(=O)N(c2ccccc2)C1. The van der Waals surface area contributed by atoms with Gasteiger partial charge in [-0.15, -0.1) is 0 Å². The molecule has 154 valence electrons. The van der Waals surface area contributed by atoms with Gasteiger partial charge in [-0.05, 0) is 35.4 Å². The molecule has 1 atom stereocenters. The second kappa shape index (κ2) is 9.41. The van der Waals surface area contributed by atoms with Crippen molar-refractivity contribution in [1.29, 1.82) is 0 Å². The van der Waals surface area contributed by atoms with Gasteiger partial charge in [-0.2, -0.15) is 0 Å². The van der Waals surface area contributed by atoms with E-state index in [1.807, 2.05) is 66.7 Å². The second-order valence-corrected chi connectivity index (χ2v) is 7.35. The Kier molecular flexibility index (Phi) is 6.25. The van der Waals surface area contributed by atoms with Crippen molar-refractivity contribution in [1.82, 2.24) is 5.32 Å². The van der Waals surface area contributed by atoms with Crippen LogP contribution in [0.4, 0.5) is 5.69 Å². The van der Waals surface area contributed by atoms with Crippen molar-refractivity contribution < 1.29 is 18.7 Å². The Balaban J connectivity index is 1.27. The molecular formula is C24H24N2O4. The fraction of sp³-hybridized carbons (Fsp3) is 0.250. The number of benzene rings is 2. The van der Waals surface area contributed by atoms with Crippen LogP contribution in [0.3, 0.4) is 0 Å². The highest BCUT2D eigenvalue weighted by Gasteiger charge is 2.34. The third-order valence-corrected chi connectivity index (χ3v) is 5.11. The third kappa shape index (κ3) is 4.96. The number of carbonyl (C=O) groups is 2. The molecule has 2 aromatic carbocycles. The number of hydrogen-bond donors (Lipinski definition) is 1. The van der Waals surface area contributed by atoms with E-state index in [9.17, 15) is 9.59 Å². The minimum Gasteiger partial charge on any atom is -0.467 e. The summed E-state index contributed by atoms with van der Waals surface area (Å²) in [4.78, 5) is 26.6. The lowest BCUT2D eigenvalue weighted by molar-refractivity contribution is -0.126. The summed E-state index contributed by atoms with van der Waals surface area (Å²) in [5.41, 5.74) is 2.85. The Morgan fingerprint density at radius 2 is 1.87 bits per heavy atom. The summed E-state index contributed by atoms with van der Waals surface area (Å²) in [5.74, 6) is 0.338. The van der Waals surface area contributed by atoms with Crippen molar-refractivity contribution in [2.75, 3.05) is 11.4 Å². The van der Waals surface area contributed by atoms with Crippen molar-refractivity contribution in [2.45, 2.75) is 26.2 Å². The molecular weight excluding hydrogens is 380 g/mol. The maximum atomic E-state index is 12.6. The molecule has 1 fully saturated rings. The Bertz CT molecular complexity index is 985. The Hall–Kier alpha value is -3.38. The van der Waals surface area contributed by atoms with E-state index in [-0.39, 0.29) is 24.2 Å². The molecule has 4 rings (SSSR count). The van der Waals surface area contributed by atoms with Gasteiger partial charge in [0.15, 0.2) is 0 Å². The Labute approximate surface area is 175 Å². The second-order valence-electron chi connectivity index (χ2n) is 7.35. The van der Waals surface area contributed by atoms with Gasteiger partial charge in [-0.1, -0.05) is 42.5 Å². The van der Waals surface area contributed by atoms with Gasteiger partial charge in [-0.3, -0.25) is 9.59 Å². The lowest BCUT2D eigenvalue weighted by Crippen LogP contribution is -2.32. The number of carbonyl (C=O) groups excluding carboxylic acids is 2. The lowest BCUT2D eigenvalue weighted by Gasteiger charge is -2.16. The minimum absolute atomic E-state index is 0.0166. The first-order valence-corrected chi connectivity index (χ1v) is 10.00. The molecule has 0 aliphatic carbocycles. The summed E-state index contributed by atoms with van der Waals surface area (Å²) in [7, 11) is 0. The molecule has 6 nitrogen and oxygen atoms in total. The number of amides is 2. The molecule has 1 N–H and O–H groups in total. The predicted molar refractivity (Wildman–Crippen MR) is 112 cm³/mol. The normalized spacial score (nSPS) is 16.1. The predicted octanol–water partition coefficient (Wildman–Crippen LogP) is 3.67. The highest BCUT2D eigenvalue weighted by molar-refractivity contribution is 6.00. The number of anilines is 1. The molecule has 0 radical (unpaired) electrons. The quantitative estimate of drug-likeness (QED) is 0.622. The van der Waals surface area contributed by atoms with E-state index in [1.165, 1.54) is 0 Å². The first-order valence-electron chi connectivity index (χ1n) is 10.00. The van der Waals surface area contributed by atoms with E-state index in [0.717, 1.165) is 22.6 Å². The number of hydrogen-bond acceptors (Lipinski definition) is 4. The minimum atomic E-state index is -0.336.